The fourth-order valence-electron chi connectivity index (χ4n) is 2.24. The van der Waals surface area contributed by atoms with Crippen molar-refractivity contribution in [2.24, 2.45) is 0 Å². The Labute approximate surface area is 149 Å². The Bertz CT molecular complexity index is 653. The van der Waals surface area contributed by atoms with Gasteiger partial charge in [-0.05, 0) is 49.6 Å². The van der Waals surface area contributed by atoms with Gasteiger partial charge in [-0.1, -0.05) is 28.1 Å². The van der Waals surface area contributed by atoms with Crippen LogP contribution in [-0.2, 0) is 11.2 Å². The number of rotatable bonds is 8. The number of benzene rings is 1. The predicted octanol–water partition coefficient (Wildman–Crippen LogP) is 3.30. The van der Waals surface area contributed by atoms with Crippen molar-refractivity contribution >= 4 is 27.7 Å². The zero-order valence-electron chi connectivity index (χ0n) is 13.5. The number of carbonyl (C=O) groups excluding carboxylic acids is 2. The smallest absolute Gasteiger partial charge is 0.286 e. The molecule has 0 saturated carbocycles. The van der Waals surface area contributed by atoms with E-state index < -0.39 is 0 Å². The van der Waals surface area contributed by atoms with E-state index in [1.165, 1.54) is 11.8 Å². The average molecular weight is 393 g/mol. The lowest BCUT2D eigenvalue weighted by atomic mass is 10.1. The van der Waals surface area contributed by atoms with Gasteiger partial charge in [-0.25, -0.2) is 0 Å². The molecule has 2 N–H and O–H groups in total. The number of furan rings is 1. The van der Waals surface area contributed by atoms with Gasteiger partial charge < -0.3 is 15.1 Å². The summed E-state index contributed by atoms with van der Waals surface area (Å²) >= 11 is 3.41. The molecular weight excluding hydrogens is 372 g/mol. The highest BCUT2D eigenvalue weighted by Crippen LogP contribution is 2.12. The molecule has 2 aromatic rings. The van der Waals surface area contributed by atoms with Crippen LogP contribution in [0.25, 0.3) is 0 Å². The Morgan fingerprint density at radius 2 is 1.96 bits per heavy atom. The van der Waals surface area contributed by atoms with Crippen LogP contribution >= 0.6 is 15.9 Å². The molecule has 0 saturated heterocycles. The van der Waals surface area contributed by atoms with Gasteiger partial charge in [0.2, 0.25) is 5.91 Å². The van der Waals surface area contributed by atoms with Crippen LogP contribution in [0.5, 0.6) is 0 Å². The van der Waals surface area contributed by atoms with E-state index in [9.17, 15) is 9.59 Å². The third kappa shape index (κ3) is 6.20. The summed E-state index contributed by atoms with van der Waals surface area (Å²) in [5.74, 6) is -0.132. The van der Waals surface area contributed by atoms with Crippen molar-refractivity contribution in [3.05, 3.63) is 58.5 Å². The number of hydrogen-bond donors (Lipinski definition) is 2. The summed E-state index contributed by atoms with van der Waals surface area (Å²) in [5.41, 5.74) is 1.24. The van der Waals surface area contributed by atoms with E-state index in [0.29, 0.717) is 0 Å². The van der Waals surface area contributed by atoms with Gasteiger partial charge in [0, 0.05) is 23.5 Å². The van der Waals surface area contributed by atoms with E-state index in [0.717, 1.165) is 17.3 Å². The lowest BCUT2D eigenvalue weighted by molar-refractivity contribution is -0.121. The molecule has 1 atom stereocenters. The zero-order chi connectivity index (χ0) is 17.4. The van der Waals surface area contributed by atoms with E-state index in [4.69, 9.17) is 4.42 Å². The molecule has 0 aliphatic carbocycles. The molecule has 0 radical (unpaired) electrons. The van der Waals surface area contributed by atoms with E-state index in [2.05, 4.69) is 38.7 Å². The molecule has 2 rings (SSSR count). The molecule has 2 amide bonds. The van der Waals surface area contributed by atoms with Gasteiger partial charge in [-0.2, -0.15) is 0 Å². The second-order valence-electron chi connectivity index (χ2n) is 5.62. The van der Waals surface area contributed by atoms with Crippen LogP contribution in [0, 0.1) is 0 Å². The summed E-state index contributed by atoms with van der Waals surface area (Å²) in [6.45, 7) is 2.27. The maximum Gasteiger partial charge on any atom is 0.286 e. The first kappa shape index (κ1) is 18.3. The van der Waals surface area contributed by atoms with E-state index in [1.807, 2.05) is 19.1 Å². The maximum absolute atomic E-state index is 11.9. The van der Waals surface area contributed by atoms with E-state index in [1.54, 1.807) is 12.1 Å². The fourth-order valence-corrected chi connectivity index (χ4v) is 2.50. The molecule has 5 nitrogen and oxygen atoms in total. The van der Waals surface area contributed by atoms with Crippen LogP contribution in [0.1, 0.15) is 35.9 Å². The topological polar surface area (TPSA) is 71.3 Å². The number of hydrogen-bond acceptors (Lipinski definition) is 3. The number of carbonyl (C=O) groups is 2. The summed E-state index contributed by atoms with van der Waals surface area (Å²) < 4.78 is 6.04. The largest absolute Gasteiger partial charge is 0.459 e. The zero-order valence-corrected chi connectivity index (χ0v) is 15.1. The van der Waals surface area contributed by atoms with Gasteiger partial charge in [0.05, 0.1) is 6.26 Å². The Balaban J connectivity index is 1.62. The first-order chi connectivity index (χ1) is 11.5. The van der Waals surface area contributed by atoms with Gasteiger partial charge in [0.1, 0.15) is 0 Å². The third-order valence-electron chi connectivity index (χ3n) is 3.57. The number of amides is 2. The molecule has 0 fully saturated rings. The predicted molar refractivity (Wildman–Crippen MR) is 95.7 cm³/mol. The second-order valence-corrected chi connectivity index (χ2v) is 6.53. The summed E-state index contributed by atoms with van der Waals surface area (Å²) in [6, 6.07) is 11.5. The summed E-state index contributed by atoms with van der Waals surface area (Å²) in [7, 11) is 0. The fraction of sp³-hybridized carbons (Fsp3) is 0.333. The van der Waals surface area contributed by atoms with Crippen molar-refractivity contribution in [3.63, 3.8) is 0 Å². The molecular formula is C18H21BrN2O3. The van der Waals surface area contributed by atoms with Crippen molar-refractivity contribution in [2.75, 3.05) is 6.54 Å². The average Bonchev–Trinajstić information content (AvgIpc) is 3.09. The van der Waals surface area contributed by atoms with Gasteiger partial charge in [-0.15, -0.1) is 0 Å². The van der Waals surface area contributed by atoms with Crippen molar-refractivity contribution in [1.29, 1.82) is 0 Å². The highest BCUT2D eigenvalue weighted by molar-refractivity contribution is 9.10. The lowest BCUT2D eigenvalue weighted by Gasteiger charge is -2.14. The summed E-state index contributed by atoms with van der Waals surface area (Å²) in [4.78, 5) is 23.5. The van der Waals surface area contributed by atoms with Crippen molar-refractivity contribution < 1.29 is 14.0 Å². The quantitative estimate of drug-likeness (QED) is 0.723. The van der Waals surface area contributed by atoms with Crippen molar-refractivity contribution in [2.45, 2.75) is 32.2 Å². The molecule has 1 heterocycles. The van der Waals surface area contributed by atoms with Gasteiger partial charge in [-0.3, -0.25) is 9.59 Å². The minimum absolute atomic E-state index is 0.0712. The Morgan fingerprint density at radius 3 is 2.62 bits per heavy atom. The highest BCUT2D eigenvalue weighted by Gasteiger charge is 2.10. The maximum atomic E-state index is 11.9. The first-order valence-corrected chi connectivity index (χ1v) is 8.69. The second kappa shape index (κ2) is 9.27. The Morgan fingerprint density at radius 1 is 1.21 bits per heavy atom. The van der Waals surface area contributed by atoms with Crippen LogP contribution < -0.4 is 10.6 Å². The van der Waals surface area contributed by atoms with Gasteiger partial charge in [0.25, 0.3) is 5.91 Å². The number of halogens is 1. The molecule has 0 aliphatic heterocycles. The monoisotopic (exact) mass is 392 g/mol. The number of aryl methyl sites for hydroxylation is 1. The van der Waals surface area contributed by atoms with Gasteiger partial charge >= 0.3 is 0 Å². The lowest BCUT2D eigenvalue weighted by Crippen LogP contribution is -2.35. The summed E-state index contributed by atoms with van der Waals surface area (Å²) in [6.07, 6.45) is 3.46. The first-order valence-electron chi connectivity index (χ1n) is 7.90. The summed E-state index contributed by atoms with van der Waals surface area (Å²) in [5, 5.41) is 5.60. The molecule has 1 aromatic heterocycles. The van der Waals surface area contributed by atoms with Crippen LogP contribution in [0.2, 0.25) is 0 Å². The van der Waals surface area contributed by atoms with E-state index in [-0.39, 0.29) is 36.6 Å². The molecule has 1 aromatic carbocycles. The minimum atomic E-state index is -0.309. The Hall–Kier alpha value is -2.08. The van der Waals surface area contributed by atoms with Crippen LogP contribution in [0.3, 0.4) is 0 Å². The van der Waals surface area contributed by atoms with E-state index >= 15 is 0 Å². The minimum Gasteiger partial charge on any atom is -0.459 e. The molecule has 0 aliphatic rings. The normalized spacial score (nSPS) is 11.8. The Kier molecular flexibility index (Phi) is 7.06. The molecule has 24 heavy (non-hydrogen) atoms. The van der Waals surface area contributed by atoms with Crippen molar-refractivity contribution in [3.8, 4) is 0 Å². The molecule has 128 valence electrons. The molecule has 1 unspecified atom stereocenters. The van der Waals surface area contributed by atoms with Gasteiger partial charge in [0.15, 0.2) is 5.76 Å². The highest BCUT2D eigenvalue weighted by atomic mass is 79.9. The SMILES string of the molecule is CC(CCc1ccc(Br)cc1)NC(=O)CCNC(=O)c1ccco1. The van der Waals surface area contributed by atoms with Crippen LogP contribution in [0.15, 0.2) is 51.6 Å². The van der Waals surface area contributed by atoms with Crippen LogP contribution in [0.4, 0.5) is 0 Å². The number of nitrogens with one attached hydrogen (secondary N) is 2. The molecule has 6 heteroatoms. The molecule has 0 bridgehead atoms. The molecule has 0 spiro atoms. The standard InChI is InChI=1S/C18H21BrN2O3/c1-13(4-5-14-6-8-15(19)9-7-14)21-17(22)10-11-20-18(23)16-3-2-12-24-16/h2-3,6-9,12-13H,4-5,10-11H2,1H3,(H,20,23)(H,21,22). The third-order valence-corrected chi connectivity index (χ3v) is 4.10. The van der Waals surface area contributed by atoms with Crippen molar-refractivity contribution in [1.82, 2.24) is 10.6 Å². The van der Waals surface area contributed by atoms with Crippen LogP contribution in [-0.4, -0.2) is 24.4 Å².